The van der Waals surface area contributed by atoms with E-state index in [0.717, 1.165) is 6.07 Å². The van der Waals surface area contributed by atoms with E-state index in [4.69, 9.17) is 28.9 Å². The van der Waals surface area contributed by atoms with Crippen LogP contribution < -0.4 is 10.5 Å². The lowest BCUT2D eigenvalue weighted by Gasteiger charge is -2.12. The van der Waals surface area contributed by atoms with Gasteiger partial charge in [-0.2, -0.15) is 0 Å². The predicted molar refractivity (Wildman–Crippen MR) is 85.8 cm³/mol. The second-order valence-corrected chi connectivity index (χ2v) is 7.34. The van der Waals surface area contributed by atoms with E-state index in [-0.39, 0.29) is 30.8 Å². The maximum absolute atomic E-state index is 13.1. The van der Waals surface area contributed by atoms with Crippen LogP contribution in [0.2, 0.25) is 10.0 Å². The van der Waals surface area contributed by atoms with Gasteiger partial charge >= 0.3 is 0 Å². The zero-order chi connectivity index (χ0) is 15.8. The van der Waals surface area contributed by atoms with Crippen molar-refractivity contribution in [2.75, 3.05) is 10.5 Å². The SMILES string of the molecule is Nc1cc(Cl)c(S(=O)(=O)Nc2ccc(F)c(Br)c2)c(Cl)c1. The fraction of sp³-hybridized carbons (Fsp3) is 0. The van der Waals surface area contributed by atoms with Crippen molar-refractivity contribution in [3.8, 4) is 0 Å². The van der Waals surface area contributed by atoms with Gasteiger partial charge in [0, 0.05) is 5.69 Å². The molecular formula is C12H8BrCl2FN2O2S. The van der Waals surface area contributed by atoms with Gasteiger partial charge in [-0.1, -0.05) is 23.2 Å². The Balaban J connectivity index is 2.46. The van der Waals surface area contributed by atoms with Crippen LogP contribution in [-0.4, -0.2) is 8.42 Å². The maximum atomic E-state index is 13.1. The number of sulfonamides is 1. The number of halogens is 4. The van der Waals surface area contributed by atoms with Crippen molar-refractivity contribution >= 4 is 60.5 Å². The monoisotopic (exact) mass is 412 g/mol. The largest absolute Gasteiger partial charge is 0.399 e. The van der Waals surface area contributed by atoms with Crippen LogP contribution >= 0.6 is 39.1 Å². The Kier molecular flexibility index (Phi) is 4.67. The zero-order valence-electron chi connectivity index (χ0n) is 10.2. The molecule has 0 saturated carbocycles. The Labute approximate surface area is 139 Å². The maximum Gasteiger partial charge on any atom is 0.264 e. The van der Waals surface area contributed by atoms with Gasteiger partial charge in [0.25, 0.3) is 10.0 Å². The van der Waals surface area contributed by atoms with Crippen LogP contribution in [0, 0.1) is 5.82 Å². The van der Waals surface area contributed by atoms with E-state index in [0.29, 0.717) is 0 Å². The van der Waals surface area contributed by atoms with E-state index in [1.54, 1.807) is 0 Å². The molecule has 0 aliphatic heterocycles. The summed E-state index contributed by atoms with van der Waals surface area (Å²) in [5.41, 5.74) is 5.93. The van der Waals surface area contributed by atoms with Gasteiger partial charge in [0.2, 0.25) is 0 Å². The van der Waals surface area contributed by atoms with Crippen LogP contribution in [0.3, 0.4) is 0 Å². The van der Waals surface area contributed by atoms with Crippen molar-refractivity contribution in [2.45, 2.75) is 4.90 Å². The van der Waals surface area contributed by atoms with Gasteiger partial charge in [-0.25, -0.2) is 12.8 Å². The summed E-state index contributed by atoms with van der Waals surface area (Å²) in [6.45, 7) is 0. The number of anilines is 2. The van der Waals surface area contributed by atoms with Crippen LogP contribution in [0.1, 0.15) is 0 Å². The molecule has 0 aromatic heterocycles. The highest BCUT2D eigenvalue weighted by Crippen LogP contribution is 2.33. The molecule has 21 heavy (non-hydrogen) atoms. The summed E-state index contributed by atoms with van der Waals surface area (Å²) in [5, 5.41) is -0.206. The number of nitrogens with one attached hydrogen (secondary N) is 1. The van der Waals surface area contributed by atoms with E-state index in [2.05, 4.69) is 20.7 Å². The summed E-state index contributed by atoms with van der Waals surface area (Å²) in [5.74, 6) is -0.513. The zero-order valence-corrected chi connectivity index (χ0v) is 14.1. The Morgan fingerprint density at radius 3 is 2.24 bits per heavy atom. The minimum absolute atomic E-state index is 0.103. The van der Waals surface area contributed by atoms with Crippen LogP contribution in [0.25, 0.3) is 0 Å². The molecule has 2 rings (SSSR count). The third-order valence-corrected chi connectivity index (χ3v) is 5.37. The van der Waals surface area contributed by atoms with Crippen molar-refractivity contribution in [3.63, 3.8) is 0 Å². The van der Waals surface area contributed by atoms with Gasteiger partial charge in [-0.3, -0.25) is 4.72 Å². The van der Waals surface area contributed by atoms with E-state index in [1.165, 1.54) is 24.3 Å². The van der Waals surface area contributed by atoms with Gasteiger partial charge in [0.1, 0.15) is 10.7 Å². The van der Waals surface area contributed by atoms with Crippen LogP contribution in [-0.2, 0) is 10.0 Å². The molecule has 2 aromatic rings. The number of hydrogen-bond donors (Lipinski definition) is 2. The normalized spacial score (nSPS) is 11.4. The van der Waals surface area contributed by atoms with E-state index in [1.807, 2.05) is 0 Å². The first-order valence-electron chi connectivity index (χ1n) is 5.43. The summed E-state index contributed by atoms with van der Waals surface area (Å²) in [4.78, 5) is -0.291. The van der Waals surface area contributed by atoms with Gasteiger partial charge in [0.15, 0.2) is 0 Å². The predicted octanol–water partition coefficient (Wildman–Crippen LogP) is 4.28. The molecule has 4 nitrogen and oxygen atoms in total. The first kappa shape index (κ1) is 16.4. The molecule has 0 radical (unpaired) electrons. The Morgan fingerprint density at radius 2 is 1.71 bits per heavy atom. The summed E-state index contributed by atoms with van der Waals surface area (Å²) < 4.78 is 40.2. The summed E-state index contributed by atoms with van der Waals surface area (Å²) >= 11 is 14.7. The molecule has 3 N–H and O–H groups in total. The first-order valence-corrected chi connectivity index (χ1v) is 8.46. The molecule has 0 spiro atoms. The van der Waals surface area contributed by atoms with E-state index >= 15 is 0 Å². The summed E-state index contributed by atoms with van der Waals surface area (Å²) in [6.07, 6.45) is 0. The second kappa shape index (κ2) is 6.00. The van der Waals surface area contributed by atoms with Crippen molar-refractivity contribution in [2.24, 2.45) is 0 Å². The van der Waals surface area contributed by atoms with Gasteiger partial charge in [-0.15, -0.1) is 0 Å². The van der Waals surface area contributed by atoms with Gasteiger partial charge < -0.3 is 5.73 Å². The third kappa shape index (κ3) is 3.60. The third-order valence-electron chi connectivity index (χ3n) is 2.46. The number of rotatable bonds is 3. The number of nitrogen functional groups attached to an aromatic ring is 1. The summed E-state index contributed by atoms with van der Waals surface area (Å²) in [7, 11) is -4.03. The molecule has 0 saturated heterocycles. The molecule has 0 atom stereocenters. The molecule has 0 bridgehead atoms. The van der Waals surface area contributed by atoms with Crippen molar-refractivity contribution in [3.05, 3.63) is 50.7 Å². The molecular weight excluding hydrogens is 406 g/mol. The van der Waals surface area contributed by atoms with Crippen LogP contribution in [0.4, 0.5) is 15.8 Å². The van der Waals surface area contributed by atoms with Crippen LogP contribution in [0.15, 0.2) is 39.7 Å². The van der Waals surface area contributed by atoms with E-state index in [9.17, 15) is 12.8 Å². The molecule has 0 aliphatic carbocycles. The fourth-order valence-electron chi connectivity index (χ4n) is 1.60. The molecule has 0 unspecified atom stereocenters. The molecule has 112 valence electrons. The van der Waals surface area contributed by atoms with E-state index < -0.39 is 15.8 Å². The highest BCUT2D eigenvalue weighted by atomic mass is 79.9. The lowest BCUT2D eigenvalue weighted by atomic mass is 10.3. The van der Waals surface area contributed by atoms with Gasteiger partial charge in [0.05, 0.1) is 20.2 Å². The highest BCUT2D eigenvalue weighted by molar-refractivity contribution is 9.10. The summed E-state index contributed by atoms with van der Waals surface area (Å²) in [6, 6.07) is 6.24. The highest BCUT2D eigenvalue weighted by Gasteiger charge is 2.22. The first-order chi connectivity index (χ1) is 9.70. The minimum atomic E-state index is -4.03. The standard InChI is InChI=1S/C12H8BrCl2FN2O2S/c13-8-5-7(1-2-11(8)16)18-21(19,20)12-9(14)3-6(17)4-10(12)15/h1-5,18H,17H2. The molecule has 9 heteroatoms. The Morgan fingerprint density at radius 1 is 1.14 bits per heavy atom. The van der Waals surface area contributed by atoms with Crippen molar-refractivity contribution < 1.29 is 12.8 Å². The van der Waals surface area contributed by atoms with Crippen LogP contribution in [0.5, 0.6) is 0 Å². The quantitative estimate of drug-likeness (QED) is 0.737. The topological polar surface area (TPSA) is 72.2 Å². The molecule has 0 heterocycles. The smallest absolute Gasteiger partial charge is 0.264 e. The number of nitrogens with two attached hydrogens (primary N) is 1. The molecule has 0 amide bonds. The molecule has 0 aliphatic rings. The Hall–Kier alpha value is -1.02. The minimum Gasteiger partial charge on any atom is -0.399 e. The average Bonchev–Trinajstić information content (AvgIpc) is 2.31. The number of hydrogen-bond acceptors (Lipinski definition) is 3. The lowest BCUT2D eigenvalue weighted by molar-refractivity contribution is 0.601. The van der Waals surface area contributed by atoms with Crippen molar-refractivity contribution in [1.82, 2.24) is 0 Å². The molecule has 2 aromatic carbocycles. The average molecular weight is 414 g/mol. The lowest BCUT2D eigenvalue weighted by Crippen LogP contribution is -2.14. The second-order valence-electron chi connectivity index (χ2n) is 4.05. The number of benzene rings is 2. The Bertz CT molecular complexity index is 792. The van der Waals surface area contributed by atoms with Gasteiger partial charge in [-0.05, 0) is 46.3 Å². The molecule has 0 fully saturated rings. The van der Waals surface area contributed by atoms with Crippen molar-refractivity contribution in [1.29, 1.82) is 0 Å². The fourth-order valence-corrected chi connectivity index (χ4v) is 4.26.